The fourth-order valence-corrected chi connectivity index (χ4v) is 12.3. The number of esters is 1. The number of anilines is 1. The van der Waals surface area contributed by atoms with Crippen molar-refractivity contribution in [1.29, 1.82) is 0 Å². The third-order valence-electron chi connectivity index (χ3n) is 17.6. The molecule has 0 saturated heterocycles. The van der Waals surface area contributed by atoms with E-state index in [0.29, 0.717) is 198 Å². The maximum Gasteiger partial charge on any atom is 0.510 e. The minimum atomic E-state index is -2.02. The van der Waals surface area contributed by atoms with Crippen molar-refractivity contribution in [2.75, 3.05) is 144 Å². The summed E-state index contributed by atoms with van der Waals surface area (Å²) in [5.74, 6) is -2.25. The Morgan fingerprint density at radius 1 is 0.714 bits per heavy atom. The molecule has 2 amide bonds. The van der Waals surface area contributed by atoms with Gasteiger partial charge < -0.3 is 77.4 Å². The average Bonchev–Trinajstić information content (AvgIpc) is 1.61. The molecule has 5 heterocycles. The van der Waals surface area contributed by atoms with Crippen LogP contribution in [0.4, 0.5) is 10.5 Å². The highest BCUT2D eigenvalue weighted by molar-refractivity contribution is 7.98. The second-order valence-electron chi connectivity index (χ2n) is 25.6. The van der Waals surface area contributed by atoms with E-state index in [2.05, 4.69) is 21.4 Å². The summed E-state index contributed by atoms with van der Waals surface area (Å²) < 4.78 is 68.5. The number of ketones is 3. The number of benzene rings is 2. The molecule has 105 heavy (non-hydrogen) atoms. The van der Waals surface area contributed by atoms with Gasteiger partial charge in [-0.1, -0.05) is 67.6 Å². The lowest BCUT2D eigenvalue weighted by atomic mass is 9.85. The van der Waals surface area contributed by atoms with E-state index in [0.717, 1.165) is 40.1 Å². The Kier molecular flexibility index (Phi) is 37.9. The summed E-state index contributed by atoms with van der Waals surface area (Å²) >= 11 is 1.50. The molecule has 2 atom stereocenters. The molecule has 0 saturated carbocycles. The van der Waals surface area contributed by atoms with Gasteiger partial charge in [0.1, 0.15) is 32.2 Å². The number of nitrogens with zero attached hydrogens (tertiary/aromatic N) is 5. The molecule has 27 nitrogen and oxygen atoms in total. The Morgan fingerprint density at radius 3 is 1.88 bits per heavy atom. The summed E-state index contributed by atoms with van der Waals surface area (Å²) in [6.07, 6.45) is 14.5. The molecule has 0 spiro atoms. The van der Waals surface area contributed by atoms with Gasteiger partial charge in [-0.15, -0.1) is 0 Å². The Labute approximate surface area is 618 Å². The van der Waals surface area contributed by atoms with Crippen LogP contribution in [0.15, 0.2) is 83.0 Å². The summed E-state index contributed by atoms with van der Waals surface area (Å²) in [4.78, 5) is 121. The lowest BCUT2D eigenvalue weighted by Gasteiger charge is -2.35. The number of rotatable bonds is 55. The number of carbonyl (C=O) groups is 7. The Hall–Kier alpha value is -7.74. The van der Waals surface area contributed by atoms with Crippen LogP contribution >= 0.6 is 11.8 Å². The summed E-state index contributed by atoms with van der Waals surface area (Å²) in [6.45, 7) is 13.8. The molecule has 2 aliphatic rings. The van der Waals surface area contributed by atoms with Crippen molar-refractivity contribution >= 4 is 75.7 Å². The van der Waals surface area contributed by atoms with Crippen molar-refractivity contribution in [2.24, 2.45) is 11.7 Å². The lowest BCUT2D eigenvalue weighted by Crippen LogP contribution is -2.47. The summed E-state index contributed by atoms with van der Waals surface area (Å²) in [6, 6.07) is 15.9. The quantitative estimate of drug-likeness (QED) is 0.0155. The van der Waals surface area contributed by atoms with Gasteiger partial charge in [-0.2, -0.15) is 0 Å². The van der Waals surface area contributed by atoms with Gasteiger partial charge in [0.25, 0.3) is 5.56 Å². The highest BCUT2D eigenvalue weighted by Crippen LogP contribution is 2.42. The molecule has 0 aliphatic carbocycles. The van der Waals surface area contributed by atoms with Crippen molar-refractivity contribution < 1.29 is 90.4 Å². The summed E-state index contributed by atoms with van der Waals surface area (Å²) in [5, 5.41) is 4.52. The van der Waals surface area contributed by atoms with Crippen LogP contribution < -0.4 is 16.6 Å². The number of ether oxygens (including phenoxy) is 12. The van der Waals surface area contributed by atoms with Gasteiger partial charge in [-0.05, 0) is 113 Å². The number of para-hydroxylation sites is 1. The summed E-state index contributed by atoms with van der Waals surface area (Å²) in [7, 11) is 0. The number of pyridine rings is 2. The topological polar surface area (TPSA) is 332 Å². The highest BCUT2D eigenvalue weighted by Gasteiger charge is 2.51. The molecule has 7 rings (SSSR count). The number of carbonyl (C=O) groups excluding carboxylic acids is 7. The number of Topliss-reactive ketones (excluding diaryl/α,β-unsaturated/α-hetero) is 3. The van der Waals surface area contributed by atoms with E-state index in [1.54, 1.807) is 66.0 Å². The Bertz CT molecular complexity index is 3650. The minimum Gasteiger partial charge on any atom is -0.457 e. The van der Waals surface area contributed by atoms with Crippen LogP contribution in [-0.4, -0.2) is 210 Å². The van der Waals surface area contributed by atoms with Crippen molar-refractivity contribution in [3.63, 3.8) is 0 Å². The average molecular weight is 1480 g/mol. The van der Waals surface area contributed by atoms with Gasteiger partial charge in [0.15, 0.2) is 16.7 Å². The van der Waals surface area contributed by atoms with Crippen LogP contribution in [-0.2, 0) is 117 Å². The predicted molar refractivity (Wildman–Crippen MR) is 393 cm³/mol. The zero-order valence-electron chi connectivity index (χ0n) is 61.5. The first kappa shape index (κ1) is 84.5. The number of hydrogen-bond acceptors (Lipinski definition) is 25. The number of allylic oxidation sites excluding steroid dienone is 1. The van der Waals surface area contributed by atoms with Gasteiger partial charge in [-0.25, -0.2) is 24.5 Å². The van der Waals surface area contributed by atoms with Crippen LogP contribution in [0.2, 0.25) is 0 Å². The molecule has 574 valence electrons. The zero-order chi connectivity index (χ0) is 75.0. The number of thioether (sulfide) groups is 1. The number of amides is 2. The van der Waals surface area contributed by atoms with Crippen molar-refractivity contribution in [2.45, 2.75) is 148 Å². The van der Waals surface area contributed by atoms with Crippen molar-refractivity contribution in [3.8, 4) is 11.4 Å². The molecule has 28 heteroatoms. The standard InChI is InChI=1S/C77H105N7O20S/c1-6-77(68-47-70-71-66(50-84(70)73(90)67(68)54-102-74(77)91)64(27-29-83(55(2)3)56(4)85)65-21-10-11-22-69(65)82-71)104-76(92)103-51-57-23-25-60(26-24-57)81-72(89)59(17-12-13-28-78)46-63(88)53-101-52-62(87)20-15-31-94-33-35-96-37-39-98-41-43-100-45-44-99-42-40-97-38-36-95-34-32-93-30-14-19-61(86)18-9-7-8-16-58-48-79-75(105-5)80-49-58/h8,10-11,16,21-26,47-49,55,59H,6-7,9,12-15,17-20,27-46,50-54,78H2,1-5H3,(H,81,89)/b16-8-/t59-,77+/m1/s1. The number of hydrogen-bond donors (Lipinski definition) is 2. The molecular formula is C77H105N7O20S. The lowest BCUT2D eigenvalue weighted by molar-refractivity contribution is -0.175. The molecule has 5 aromatic rings. The maximum absolute atomic E-state index is 14.4. The third kappa shape index (κ3) is 28.2. The van der Waals surface area contributed by atoms with Gasteiger partial charge in [-0.3, -0.25) is 28.8 Å². The number of cyclic esters (lactones) is 1. The monoisotopic (exact) mass is 1480 g/mol. The van der Waals surface area contributed by atoms with Crippen LogP contribution in [0.5, 0.6) is 0 Å². The number of fused-ring (bicyclic) bond motifs is 5. The number of unbranched alkanes of at least 4 members (excludes halogenated alkanes) is 2. The second-order valence-corrected chi connectivity index (χ2v) is 26.4. The van der Waals surface area contributed by atoms with E-state index < -0.39 is 29.2 Å². The van der Waals surface area contributed by atoms with Gasteiger partial charge in [0.2, 0.25) is 17.4 Å². The zero-order valence-corrected chi connectivity index (χ0v) is 62.3. The first-order chi connectivity index (χ1) is 51.0. The third-order valence-corrected chi connectivity index (χ3v) is 18.2. The minimum absolute atomic E-state index is 0.0200. The normalized spacial score (nSPS) is 14.1. The van der Waals surface area contributed by atoms with E-state index in [4.69, 9.17) is 67.6 Å². The van der Waals surface area contributed by atoms with Crippen molar-refractivity contribution in [3.05, 3.63) is 117 Å². The van der Waals surface area contributed by atoms with E-state index >= 15 is 0 Å². The van der Waals surface area contributed by atoms with Crippen LogP contribution in [0.3, 0.4) is 0 Å². The molecule has 0 unspecified atom stereocenters. The van der Waals surface area contributed by atoms with E-state index in [-0.39, 0.29) is 98.6 Å². The Balaban J connectivity index is 0.677. The van der Waals surface area contributed by atoms with E-state index in [9.17, 15) is 38.4 Å². The molecule has 0 fully saturated rings. The van der Waals surface area contributed by atoms with Crippen molar-refractivity contribution in [1.82, 2.24) is 24.4 Å². The number of nitrogens with two attached hydrogens (primary N) is 1. The first-order valence-corrected chi connectivity index (χ1v) is 37.6. The van der Waals surface area contributed by atoms with Gasteiger partial charge in [0.05, 0.1) is 122 Å². The molecule has 3 N–H and O–H groups in total. The van der Waals surface area contributed by atoms with Gasteiger partial charge >= 0.3 is 12.1 Å². The first-order valence-electron chi connectivity index (χ1n) is 36.4. The maximum atomic E-state index is 14.4. The Morgan fingerprint density at radius 2 is 1.30 bits per heavy atom. The molecule has 3 aromatic heterocycles. The molecule has 2 aromatic carbocycles. The molecule has 2 aliphatic heterocycles. The number of aromatic nitrogens is 4. The van der Waals surface area contributed by atoms with Crippen LogP contribution in [0.1, 0.15) is 138 Å². The fourth-order valence-electron chi connectivity index (χ4n) is 12.0. The second kappa shape index (κ2) is 47.0. The fraction of sp³-hybridized carbons (Fsp3) is 0.571. The highest BCUT2D eigenvalue weighted by atomic mass is 32.2. The largest absolute Gasteiger partial charge is 0.510 e. The van der Waals surface area contributed by atoms with Crippen LogP contribution in [0, 0.1) is 5.92 Å². The number of nitrogens with one attached hydrogen (secondary N) is 1. The molecule has 0 bridgehead atoms. The molecular weight excluding hydrogens is 1370 g/mol. The summed E-state index contributed by atoms with van der Waals surface area (Å²) in [5.41, 5.74) is 9.07. The SMILES string of the molecule is CC[C@@]1(OC(=O)OCc2ccc(NC(=O)[C@H](CCCCN)CC(=O)COCC(=O)CCCOCCOCCOCCOCCOCCOCCOCCOCCCC(=O)CCC/C=C\c3cnc(SC)nc3)cc2)C(=O)OCc2c1cc1n(c2=O)Cc2c-1nc1ccccc1c2CCN(C(C)=O)C(C)C. The molecule has 0 radical (unpaired) electrons. The predicted octanol–water partition coefficient (Wildman–Crippen LogP) is 9.13. The van der Waals surface area contributed by atoms with E-state index in [1.807, 2.05) is 50.4 Å². The van der Waals surface area contributed by atoms with Crippen LogP contribution in [0.25, 0.3) is 28.4 Å². The smallest absolute Gasteiger partial charge is 0.457 e. The van der Waals surface area contributed by atoms with Gasteiger partial charge in [0, 0.05) is 104 Å². The van der Waals surface area contributed by atoms with E-state index in [1.165, 1.54) is 11.8 Å².